The van der Waals surface area contributed by atoms with Crippen LogP contribution in [0.5, 0.6) is 5.75 Å². The van der Waals surface area contributed by atoms with E-state index in [2.05, 4.69) is 0 Å². The van der Waals surface area contributed by atoms with Crippen LogP contribution in [0.3, 0.4) is 0 Å². The summed E-state index contributed by atoms with van der Waals surface area (Å²) in [5.74, 6) is -0.393. The van der Waals surface area contributed by atoms with Crippen molar-refractivity contribution in [1.82, 2.24) is 0 Å². The quantitative estimate of drug-likeness (QED) is 0.481. The Labute approximate surface area is 57.8 Å². The molecular formula is C4HIO3. The van der Waals surface area contributed by atoms with Crippen LogP contribution in [0.2, 0.25) is 0 Å². The van der Waals surface area contributed by atoms with Gasteiger partial charge in [0.2, 0.25) is 5.43 Å². The van der Waals surface area contributed by atoms with Crippen molar-refractivity contribution in [2.24, 2.45) is 0 Å². The van der Waals surface area contributed by atoms with E-state index >= 15 is 0 Å². The topological polar surface area (TPSA) is 54.4 Å². The molecule has 0 saturated carbocycles. The lowest BCUT2D eigenvalue weighted by atomic mass is 10.3. The maximum Gasteiger partial charge on any atom is 0.269 e. The molecule has 1 N–H and O–H groups in total. The Kier molecular flexibility index (Phi) is 1.11. The van der Waals surface area contributed by atoms with Crippen LogP contribution >= 0.6 is 22.6 Å². The Balaban J connectivity index is 3.48. The van der Waals surface area contributed by atoms with E-state index in [9.17, 15) is 9.59 Å². The van der Waals surface area contributed by atoms with Gasteiger partial charge in [0.25, 0.3) is 5.43 Å². The van der Waals surface area contributed by atoms with Gasteiger partial charge in [-0.2, -0.15) is 0 Å². The first-order valence-corrected chi connectivity index (χ1v) is 2.90. The maximum absolute atomic E-state index is 10.2. The predicted octanol–water partition coefficient (Wildman–Crippen LogP) is -0.407. The largest absolute Gasteiger partial charge is 0.503 e. The second kappa shape index (κ2) is 1.54. The van der Waals surface area contributed by atoms with Crippen molar-refractivity contribution in [1.29, 1.82) is 0 Å². The molecule has 8 heavy (non-hydrogen) atoms. The average molecular weight is 224 g/mol. The third-order valence-electron chi connectivity index (χ3n) is 0.829. The van der Waals surface area contributed by atoms with E-state index < -0.39 is 16.6 Å². The molecule has 0 fully saturated rings. The summed E-state index contributed by atoms with van der Waals surface area (Å²) >= 11 is 1.62. The fourth-order valence-corrected chi connectivity index (χ4v) is 0.842. The summed E-state index contributed by atoms with van der Waals surface area (Å²) in [7, 11) is 0. The highest BCUT2D eigenvalue weighted by atomic mass is 127. The first-order chi connectivity index (χ1) is 3.64. The second-order valence-corrected chi connectivity index (χ2v) is 2.40. The molecule has 1 aromatic carbocycles. The van der Waals surface area contributed by atoms with Crippen LogP contribution in [0.15, 0.2) is 9.59 Å². The van der Waals surface area contributed by atoms with Crippen LogP contribution in [-0.2, 0) is 0 Å². The number of halogens is 1. The monoisotopic (exact) mass is 224 g/mol. The molecule has 0 amide bonds. The summed E-state index contributed by atoms with van der Waals surface area (Å²) in [6.07, 6.45) is 0. The predicted molar refractivity (Wildman–Crippen MR) is 35.7 cm³/mol. The number of rotatable bonds is 0. The summed E-state index contributed by atoms with van der Waals surface area (Å²) in [6.45, 7) is 0. The van der Waals surface area contributed by atoms with Gasteiger partial charge in [-0.1, -0.05) is 0 Å². The van der Waals surface area contributed by atoms with Crippen molar-refractivity contribution >= 4 is 22.6 Å². The molecule has 0 saturated heterocycles. The fraction of sp³-hybridized carbons (Fsp3) is 0. The molecule has 0 radical (unpaired) electrons. The number of hydrogen-bond acceptors (Lipinski definition) is 3. The molecule has 0 bridgehead atoms. The molecule has 0 aromatic heterocycles. The van der Waals surface area contributed by atoms with Crippen molar-refractivity contribution < 1.29 is 5.11 Å². The Bertz CT molecular complexity index is 251. The Hall–Kier alpha value is -0.390. The van der Waals surface area contributed by atoms with Gasteiger partial charge in [0.05, 0.1) is 0 Å². The zero-order valence-corrected chi connectivity index (χ0v) is 5.80. The summed E-state index contributed by atoms with van der Waals surface area (Å²) in [4.78, 5) is 20.3. The van der Waals surface area contributed by atoms with Gasteiger partial charge in [-0.3, -0.25) is 9.59 Å². The van der Waals surface area contributed by atoms with Crippen LogP contribution in [0.1, 0.15) is 0 Å². The van der Waals surface area contributed by atoms with Gasteiger partial charge in [0, 0.05) is 0 Å². The lowest BCUT2D eigenvalue weighted by molar-refractivity contribution is 0.458. The van der Waals surface area contributed by atoms with Crippen molar-refractivity contribution in [3.8, 4) is 5.75 Å². The van der Waals surface area contributed by atoms with E-state index in [4.69, 9.17) is 5.11 Å². The summed E-state index contributed by atoms with van der Waals surface area (Å²) < 4.78 is 0.146. The molecule has 0 aliphatic carbocycles. The molecular weight excluding hydrogens is 223 g/mol. The molecule has 3 nitrogen and oxygen atoms in total. The first-order valence-electron chi connectivity index (χ1n) is 1.82. The highest BCUT2D eigenvalue weighted by Crippen LogP contribution is 2.09. The van der Waals surface area contributed by atoms with Gasteiger partial charge >= 0.3 is 0 Å². The average Bonchev–Trinajstić information content (AvgIpc) is 1.83. The molecule has 0 unspecified atom stereocenters. The smallest absolute Gasteiger partial charge is 0.269 e. The van der Waals surface area contributed by atoms with Gasteiger partial charge in [-0.05, 0) is 22.6 Å². The fourth-order valence-electron chi connectivity index (χ4n) is 0.352. The Morgan fingerprint density at radius 2 is 1.75 bits per heavy atom. The molecule has 0 spiro atoms. The van der Waals surface area contributed by atoms with E-state index in [0.717, 1.165) is 0 Å². The standard InChI is InChI=1S/C4HIO3/c5-1-2(6)4(8)3(1)7/h6H. The zero-order chi connectivity index (χ0) is 6.31. The molecule has 0 atom stereocenters. The lowest BCUT2D eigenvalue weighted by Crippen LogP contribution is -2.32. The molecule has 1 rings (SSSR count). The van der Waals surface area contributed by atoms with Gasteiger partial charge in [0.1, 0.15) is 3.57 Å². The molecule has 0 heterocycles. The molecule has 42 valence electrons. The number of aromatic hydroxyl groups is 1. The summed E-state index contributed by atoms with van der Waals surface area (Å²) in [6, 6.07) is 0. The number of hydrogen-bond donors (Lipinski definition) is 1. The van der Waals surface area contributed by atoms with Gasteiger partial charge in [-0.25, -0.2) is 0 Å². The molecule has 4 heteroatoms. The Morgan fingerprint density at radius 3 is 1.88 bits per heavy atom. The van der Waals surface area contributed by atoms with Gasteiger partial charge in [0.15, 0.2) is 5.75 Å². The normalized spacial score (nSPS) is 10.1. The third-order valence-corrected chi connectivity index (χ3v) is 1.83. The zero-order valence-electron chi connectivity index (χ0n) is 3.64. The second-order valence-electron chi connectivity index (χ2n) is 1.32. The minimum absolute atomic E-state index is 0.146. The van der Waals surface area contributed by atoms with Crippen LogP contribution in [-0.4, -0.2) is 5.11 Å². The van der Waals surface area contributed by atoms with Crippen LogP contribution < -0.4 is 10.9 Å². The summed E-state index contributed by atoms with van der Waals surface area (Å²) in [5, 5.41) is 8.46. The van der Waals surface area contributed by atoms with Crippen molar-refractivity contribution in [2.75, 3.05) is 0 Å². The van der Waals surface area contributed by atoms with E-state index in [-0.39, 0.29) is 3.57 Å². The minimum atomic E-state index is -0.769. The highest BCUT2D eigenvalue weighted by Gasteiger charge is 2.15. The van der Waals surface area contributed by atoms with Gasteiger partial charge in [-0.15, -0.1) is 0 Å². The third kappa shape index (κ3) is 0.489. The van der Waals surface area contributed by atoms with E-state index in [1.54, 1.807) is 22.6 Å². The summed E-state index contributed by atoms with van der Waals surface area (Å²) in [5.41, 5.74) is -1.35. The van der Waals surface area contributed by atoms with E-state index in [0.29, 0.717) is 0 Å². The molecule has 0 aliphatic rings. The lowest BCUT2D eigenvalue weighted by Gasteiger charge is -1.92. The van der Waals surface area contributed by atoms with Crippen LogP contribution in [0.25, 0.3) is 0 Å². The van der Waals surface area contributed by atoms with Gasteiger partial charge < -0.3 is 5.11 Å². The minimum Gasteiger partial charge on any atom is -0.503 e. The maximum atomic E-state index is 10.2. The Morgan fingerprint density at radius 1 is 1.25 bits per heavy atom. The van der Waals surface area contributed by atoms with Crippen LogP contribution in [0.4, 0.5) is 0 Å². The first kappa shape index (κ1) is 5.74. The van der Waals surface area contributed by atoms with Crippen molar-refractivity contribution in [3.63, 3.8) is 0 Å². The van der Waals surface area contributed by atoms with E-state index in [1.165, 1.54) is 0 Å². The molecule has 0 aliphatic heterocycles. The van der Waals surface area contributed by atoms with E-state index in [1.807, 2.05) is 0 Å². The SMILES string of the molecule is O=c1c(O)c(I)c1=O. The molecule has 1 aromatic rings. The van der Waals surface area contributed by atoms with Crippen molar-refractivity contribution in [3.05, 3.63) is 24.0 Å². The van der Waals surface area contributed by atoms with Crippen molar-refractivity contribution in [2.45, 2.75) is 0 Å². The van der Waals surface area contributed by atoms with Crippen LogP contribution in [0, 0.1) is 3.57 Å². The highest BCUT2D eigenvalue weighted by molar-refractivity contribution is 14.1.